The number of carbonyl (C=O) groups is 2. The molecule has 0 bridgehead atoms. The third-order valence-electron chi connectivity index (χ3n) is 6.71. The average molecular weight is 606 g/mol. The molecule has 0 aliphatic heterocycles. The number of amides is 2. The Kier molecular flexibility index (Phi) is 9.68. The summed E-state index contributed by atoms with van der Waals surface area (Å²) in [7, 11) is -4.13. The highest BCUT2D eigenvalue weighted by molar-refractivity contribution is 7.92. The minimum absolute atomic E-state index is 0.0376. The van der Waals surface area contributed by atoms with Gasteiger partial charge in [-0.3, -0.25) is 13.9 Å². The highest BCUT2D eigenvalue weighted by Crippen LogP contribution is 2.28. The second-order valence-electron chi connectivity index (χ2n) is 9.82. The monoisotopic (exact) mass is 605 g/mol. The molecule has 9 heteroatoms. The lowest BCUT2D eigenvalue weighted by atomic mass is 10.1. The van der Waals surface area contributed by atoms with Gasteiger partial charge in [0.05, 0.1) is 21.8 Å². The van der Waals surface area contributed by atoms with Crippen molar-refractivity contribution < 1.29 is 22.7 Å². The van der Waals surface area contributed by atoms with E-state index in [2.05, 4.69) is 10.6 Å². The van der Waals surface area contributed by atoms with Crippen molar-refractivity contribution in [2.75, 3.05) is 22.7 Å². The van der Waals surface area contributed by atoms with Gasteiger partial charge in [0.15, 0.2) is 0 Å². The summed E-state index contributed by atoms with van der Waals surface area (Å²) in [5, 5.41) is 5.62. The molecule has 44 heavy (non-hydrogen) atoms. The van der Waals surface area contributed by atoms with Crippen molar-refractivity contribution in [2.45, 2.75) is 11.3 Å². The molecule has 0 fully saturated rings. The number of sulfonamides is 1. The number of ether oxygens (including phenoxy) is 1. The fourth-order valence-corrected chi connectivity index (χ4v) is 5.95. The van der Waals surface area contributed by atoms with Crippen molar-refractivity contribution in [1.29, 1.82) is 0 Å². The molecule has 2 amide bonds. The Morgan fingerprint density at radius 1 is 0.659 bits per heavy atom. The number of hydrogen-bond donors (Lipinski definition) is 2. The molecule has 0 unspecified atom stereocenters. The van der Waals surface area contributed by atoms with Gasteiger partial charge in [-0.05, 0) is 72.6 Å². The first-order valence-corrected chi connectivity index (χ1v) is 15.5. The minimum atomic E-state index is -4.13. The zero-order valence-corrected chi connectivity index (χ0v) is 24.6. The van der Waals surface area contributed by atoms with Crippen molar-refractivity contribution in [3.8, 4) is 11.5 Å². The maximum atomic E-state index is 13.8. The van der Waals surface area contributed by atoms with Gasteiger partial charge in [0.1, 0.15) is 18.0 Å². The van der Waals surface area contributed by atoms with Crippen LogP contribution < -0.4 is 19.7 Å². The number of benzene rings is 5. The van der Waals surface area contributed by atoms with Crippen LogP contribution in [0.5, 0.6) is 11.5 Å². The smallest absolute Gasteiger partial charge is 0.264 e. The standard InChI is InChI=1S/C35H31N3O5S/c39-34(37-33-19-11-10-18-32(33)35(40)36-25-24-27-12-4-1-5-13-27)26-38(44(41,42)31-16-8-3-9-17-31)28-20-22-30(23-21-28)43-29-14-6-2-7-15-29/h1-23H,24-26H2,(H,36,40)(H,37,39). The molecule has 5 aromatic rings. The number of nitrogens with one attached hydrogen (secondary N) is 2. The van der Waals surface area contributed by atoms with E-state index in [1.54, 1.807) is 66.7 Å². The summed E-state index contributed by atoms with van der Waals surface area (Å²) in [5.74, 6) is 0.183. The highest BCUT2D eigenvalue weighted by Gasteiger charge is 2.27. The van der Waals surface area contributed by atoms with Crippen molar-refractivity contribution in [1.82, 2.24) is 5.32 Å². The topological polar surface area (TPSA) is 105 Å². The van der Waals surface area contributed by atoms with E-state index in [-0.39, 0.29) is 27.7 Å². The van der Waals surface area contributed by atoms with Crippen LogP contribution in [0.15, 0.2) is 144 Å². The maximum absolute atomic E-state index is 13.8. The van der Waals surface area contributed by atoms with Crippen LogP contribution >= 0.6 is 0 Å². The molecule has 222 valence electrons. The zero-order chi connectivity index (χ0) is 30.8. The number of anilines is 2. The van der Waals surface area contributed by atoms with Crippen LogP contribution in [0.1, 0.15) is 15.9 Å². The van der Waals surface area contributed by atoms with Crippen LogP contribution in [0.25, 0.3) is 0 Å². The van der Waals surface area contributed by atoms with Gasteiger partial charge >= 0.3 is 0 Å². The van der Waals surface area contributed by atoms with Crippen LogP contribution in [-0.4, -0.2) is 33.3 Å². The largest absolute Gasteiger partial charge is 0.457 e. The number of carbonyl (C=O) groups excluding carboxylic acids is 2. The third kappa shape index (κ3) is 7.70. The van der Waals surface area contributed by atoms with Gasteiger partial charge in [0.2, 0.25) is 5.91 Å². The molecule has 0 aliphatic rings. The SMILES string of the molecule is O=C(CN(c1ccc(Oc2ccccc2)cc1)S(=O)(=O)c1ccccc1)Nc1ccccc1C(=O)NCCc1ccccc1. The predicted molar refractivity (Wildman–Crippen MR) is 171 cm³/mol. The lowest BCUT2D eigenvalue weighted by Gasteiger charge is -2.24. The molecule has 0 spiro atoms. The van der Waals surface area contributed by atoms with Crippen molar-refractivity contribution >= 4 is 33.2 Å². The lowest BCUT2D eigenvalue weighted by molar-refractivity contribution is -0.114. The second kappa shape index (κ2) is 14.2. The zero-order valence-electron chi connectivity index (χ0n) is 23.8. The van der Waals surface area contributed by atoms with E-state index in [1.165, 1.54) is 12.1 Å². The number of nitrogens with zero attached hydrogens (tertiary/aromatic N) is 1. The normalized spacial score (nSPS) is 10.9. The maximum Gasteiger partial charge on any atom is 0.264 e. The molecule has 0 atom stereocenters. The summed E-state index contributed by atoms with van der Waals surface area (Å²) in [6.07, 6.45) is 0.655. The molecule has 0 saturated heterocycles. The van der Waals surface area contributed by atoms with Crippen LogP contribution in [0, 0.1) is 0 Å². The number of para-hydroxylation sites is 2. The Morgan fingerprint density at radius 3 is 1.91 bits per heavy atom. The highest BCUT2D eigenvalue weighted by atomic mass is 32.2. The van der Waals surface area contributed by atoms with Crippen LogP contribution in [0.2, 0.25) is 0 Å². The van der Waals surface area contributed by atoms with Crippen molar-refractivity contribution in [3.05, 3.63) is 151 Å². The fraction of sp³-hybridized carbons (Fsp3) is 0.0857. The quantitative estimate of drug-likeness (QED) is 0.174. The molecule has 8 nitrogen and oxygen atoms in total. The van der Waals surface area contributed by atoms with Crippen LogP contribution in [-0.2, 0) is 21.2 Å². The van der Waals surface area contributed by atoms with E-state index in [4.69, 9.17) is 4.74 Å². The molecule has 2 N–H and O–H groups in total. The van der Waals surface area contributed by atoms with Crippen molar-refractivity contribution in [3.63, 3.8) is 0 Å². The second-order valence-corrected chi connectivity index (χ2v) is 11.7. The van der Waals surface area contributed by atoms with Gasteiger partial charge in [-0.25, -0.2) is 8.42 Å². The number of hydrogen-bond acceptors (Lipinski definition) is 5. The fourth-order valence-electron chi connectivity index (χ4n) is 4.51. The molecular weight excluding hydrogens is 574 g/mol. The Hall–Kier alpha value is -5.41. The Balaban J connectivity index is 1.33. The first kappa shape index (κ1) is 30.1. The summed E-state index contributed by atoms with van der Waals surface area (Å²) >= 11 is 0. The summed E-state index contributed by atoms with van der Waals surface area (Å²) in [5.41, 5.74) is 1.91. The Bertz CT molecular complexity index is 1800. The first-order valence-electron chi connectivity index (χ1n) is 14.0. The average Bonchev–Trinajstić information content (AvgIpc) is 3.05. The molecule has 0 heterocycles. The van der Waals surface area contributed by atoms with Gasteiger partial charge in [0.25, 0.3) is 15.9 Å². The minimum Gasteiger partial charge on any atom is -0.457 e. The summed E-state index contributed by atoms with van der Waals surface area (Å²) in [6.45, 7) is -0.113. The molecular formula is C35H31N3O5S. The molecule has 0 aromatic heterocycles. The first-order chi connectivity index (χ1) is 21.4. The van der Waals surface area contributed by atoms with Gasteiger partial charge in [-0.1, -0.05) is 78.9 Å². The molecule has 0 radical (unpaired) electrons. The van der Waals surface area contributed by atoms with Crippen LogP contribution in [0.3, 0.4) is 0 Å². The van der Waals surface area contributed by atoms with Gasteiger partial charge < -0.3 is 15.4 Å². The van der Waals surface area contributed by atoms with Crippen molar-refractivity contribution in [2.24, 2.45) is 0 Å². The van der Waals surface area contributed by atoms with E-state index in [9.17, 15) is 18.0 Å². The van der Waals surface area contributed by atoms with E-state index in [1.807, 2.05) is 60.7 Å². The third-order valence-corrected chi connectivity index (χ3v) is 8.50. The van der Waals surface area contributed by atoms with Gasteiger partial charge in [-0.15, -0.1) is 0 Å². The summed E-state index contributed by atoms with van der Waals surface area (Å²) in [6, 6.07) is 40.0. The van der Waals surface area contributed by atoms with E-state index < -0.39 is 22.5 Å². The van der Waals surface area contributed by atoms with Gasteiger partial charge in [0, 0.05) is 6.54 Å². The molecule has 5 aromatic carbocycles. The number of rotatable bonds is 12. The molecule has 5 rings (SSSR count). The molecule has 0 saturated carbocycles. The summed E-state index contributed by atoms with van der Waals surface area (Å²) < 4.78 is 34.4. The van der Waals surface area contributed by atoms with E-state index in [0.717, 1.165) is 9.87 Å². The van der Waals surface area contributed by atoms with E-state index in [0.29, 0.717) is 24.5 Å². The lowest BCUT2D eigenvalue weighted by Crippen LogP contribution is -2.38. The predicted octanol–water partition coefficient (Wildman–Crippen LogP) is 6.29. The van der Waals surface area contributed by atoms with Crippen LogP contribution in [0.4, 0.5) is 11.4 Å². The Morgan fingerprint density at radius 2 is 1.23 bits per heavy atom. The van der Waals surface area contributed by atoms with E-state index >= 15 is 0 Å². The molecule has 0 aliphatic carbocycles. The Labute approximate surface area is 257 Å². The van der Waals surface area contributed by atoms with Gasteiger partial charge in [-0.2, -0.15) is 0 Å². The summed E-state index contributed by atoms with van der Waals surface area (Å²) in [4.78, 5) is 26.4.